The van der Waals surface area contributed by atoms with Crippen molar-refractivity contribution in [1.82, 2.24) is 0 Å². The molecule has 0 aliphatic heterocycles. The zero-order valence-corrected chi connectivity index (χ0v) is 9.97. The smallest absolute Gasteiger partial charge is 0.150 e. The SMILES string of the molecule is Cc1ccc(C)c(C(F)(CN)C(C)C)c1. The van der Waals surface area contributed by atoms with Crippen molar-refractivity contribution in [3.05, 3.63) is 34.9 Å². The van der Waals surface area contributed by atoms with E-state index in [1.165, 1.54) is 0 Å². The lowest BCUT2D eigenvalue weighted by Gasteiger charge is -2.30. The van der Waals surface area contributed by atoms with Crippen molar-refractivity contribution in [3.8, 4) is 0 Å². The normalized spacial score (nSPS) is 15.4. The van der Waals surface area contributed by atoms with Crippen LogP contribution in [0.25, 0.3) is 0 Å². The van der Waals surface area contributed by atoms with Crippen LogP contribution in [0.2, 0.25) is 0 Å². The number of alkyl halides is 1. The van der Waals surface area contributed by atoms with Gasteiger partial charge in [-0.1, -0.05) is 37.6 Å². The van der Waals surface area contributed by atoms with Gasteiger partial charge in [0, 0.05) is 6.54 Å². The summed E-state index contributed by atoms with van der Waals surface area (Å²) in [6, 6.07) is 5.86. The van der Waals surface area contributed by atoms with Gasteiger partial charge in [0.25, 0.3) is 0 Å². The number of halogens is 1. The van der Waals surface area contributed by atoms with Crippen molar-refractivity contribution >= 4 is 0 Å². The van der Waals surface area contributed by atoms with Crippen LogP contribution in [0.3, 0.4) is 0 Å². The van der Waals surface area contributed by atoms with Gasteiger partial charge in [-0.2, -0.15) is 0 Å². The van der Waals surface area contributed by atoms with Gasteiger partial charge in [-0.3, -0.25) is 0 Å². The Morgan fingerprint density at radius 2 is 1.93 bits per heavy atom. The van der Waals surface area contributed by atoms with E-state index in [0.29, 0.717) is 0 Å². The van der Waals surface area contributed by atoms with Gasteiger partial charge >= 0.3 is 0 Å². The molecule has 0 heterocycles. The minimum absolute atomic E-state index is 0.0367. The summed E-state index contributed by atoms with van der Waals surface area (Å²) >= 11 is 0. The van der Waals surface area contributed by atoms with E-state index in [2.05, 4.69) is 0 Å². The van der Waals surface area contributed by atoms with Crippen LogP contribution in [-0.4, -0.2) is 6.54 Å². The number of hydrogen-bond donors (Lipinski definition) is 1. The summed E-state index contributed by atoms with van der Waals surface area (Å²) in [7, 11) is 0. The van der Waals surface area contributed by atoms with E-state index in [-0.39, 0.29) is 12.5 Å². The molecule has 1 atom stereocenters. The Balaban J connectivity index is 3.29. The first kappa shape index (κ1) is 12.2. The lowest BCUT2D eigenvalue weighted by molar-refractivity contribution is 0.108. The molecule has 0 aliphatic rings. The van der Waals surface area contributed by atoms with E-state index >= 15 is 0 Å². The molecule has 0 saturated carbocycles. The van der Waals surface area contributed by atoms with E-state index in [1.54, 1.807) is 0 Å². The third-order valence-electron chi connectivity index (χ3n) is 3.05. The molecule has 0 spiro atoms. The van der Waals surface area contributed by atoms with E-state index in [4.69, 9.17) is 5.73 Å². The van der Waals surface area contributed by atoms with Crippen LogP contribution in [0.15, 0.2) is 18.2 Å². The average molecular weight is 209 g/mol. The summed E-state index contributed by atoms with van der Waals surface area (Å²) in [6.45, 7) is 7.68. The summed E-state index contributed by atoms with van der Waals surface area (Å²) in [5, 5.41) is 0. The fourth-order valence-corrected chi connectivity index (χ4v) is 1.84. The van der Waals surface area contributed by atoms with E-state index in [9.17, 15) is 4.39 Å². The van der Waals surface area contributed by atoms with Gasteiger partial charge in [-0.15, -0.1) is 0 Å². The second-order valence-corrected chi connectivity index (χ2v) is 4.54. The topological polar surface area (TPSA) is 26.0 Å². The second-order valence-electron chi connectivity index (χ2n) is 4.54. The van der Waals surface area contributed by atoms with Crippen LogP contribution >= 0.6 is 0 Å². The first-order chi connectivity index (χ1) is 6.91. The largest absolute Gasteiger partial charge is 0.327 e. The minimum atomic E-state index is -1.41. The van der Waals surface area contributed by atoms with Crippen LogP contribution in [0.1, 0.15) is 30.5 Å². The van der Waals surface area contributed by atoms with Gasteiger partial charge < -0.3 is 5.73 Å². The third kappa shape index (κ3) is 2.20. The third-order valence-corrected chi connectivity index (χ3v) is 3.05. The minimum Gasteiger partial charge on any atom is -0.327 e. The van der Waals surface area contributed by atoms with E-state index in [0.717, 1.165) is 16.7 Å². The first-order valence-electron chi connectivity index (χ1n) is 5.38. The lowest BCUT2D eigenvalue weighted by Crippen LogP contribution is -2.36. The predicted octanol–water partition coefficient (Wildman–Crippen LogP) is 3.08. The Bertz CT molecular complexity index is 346. The molecule has 1 aromatic rings. The summed E-state index contributed by atoms with van der Waals surface area (Å²) in [5.41, 5.74) is 6.96. The summed E-state index contributed by atoms with van der Waals surface area (Å²) < 4.78 is 14.7. The quantitative estimate of drug-likeness (QED) is 0.813. The molecule has 0 radical (unpaired) electrons. The van der Waals surface area contributed by atoms with Crippen LogP contribution in [-0.2, 0) is 5.67 Å². The first-order valence-corrected chi connectivity index (χ1v) is 5.38. The lowest BCUT2D eigenvalue weighted by atomic mass is 9.82. The molecule has 1 unspecified atom stereocenters. The van der Waals surface area contributed by atoms with Gasteiger partial charge in [-0.05, 0) is 30.9 Å². The van der Waals surface area contributed by atoms with Crippen molar-refractivity contribution in [1.29, 1.82) is 0 Å². The molecule has 0 fully saturated rings. The van der Waals surface area contributed by atoms with Crippen LogP contribution < -0.4 is 5.73 Å². The highest BCUT2D eigenvalue weighted by molar-refractivity contribution is 5.35. The molecule has 1 nitrogen and oxygen atoms in total. The van der Waals surface area contributed by atoms with Crippen molar-refractivity contribution in [2.75, 3.05) is 6.54 Å². The molecule has 84 valence electrons. The molecule has 0 bridgehead atoms. The highest BCUT2D eigenvalue weighted by atomic mass is 19.1. The molecule has 2 heteroatoms. The van der Waals surface area contributed by atoms with Crippen LogP contribution in [0, 0.1) is 19.8 Å². The summed E-state index contributed by atoms with van der Waals surface area (Å²) in [6.07, 6.45) is 0. The maximum absolute atomic E-state index is 14.7. The standard InChI is InChI=1S/C13H20FN/c1-9(2)13(14,8-15)12-7-10(3)5-6-11(12)4/h5-7,9H,8,15H2,1-4H3. The van der Waals surface area contributed by atoms with E-state index in [1.807, 2.05) is 45.9 Å². The van der Waals surface area contributed by atoms with Gasteiger partial charge in [-0.25, -0.2) is 4.39 Å². The van der Waals surface area contributed by atoms with Gasteiger partial charge in [0.05, 0.1) is 0 Å². The molecular formula is C13H20FN. The molecular weight excluding hydrogens is 189 g/mol. The van der Waals surface area contributed by atoms with E-state index < -0.39 is 5.67 Å². The van der Waals surface area contributed by atoms with Gasteiger partial charge in [0.15, 0.2) is 5.67 Å². The molecule has 1 aromatic carbocycles. The zero-order valence-electron chi connectivity index (χ0n) is 9.97. The maximum Gasteiger partial charge on any atom is 0.150 e. The molecule has 0 aliphatic carbocycles. The van der Waals surface area contributed by atoms with Crippen LogP contribution in [0.5, 0.6) is 0 Å². The Morgan fingerprint density at radius 3 is 2.40 bits per heavy atom. The summed E-state index contributed by atoms with van der Waals surface area (Å²) in [4.78, 5) is 0. The average Bonchev–Trinajstić information content (AvgIpc) is 2.20. The van der Waals surface area contributed by atoms with Gasteiger partial charge in [0.2, 0.25) is 0 Å². The van der Waals surface area contributed by atoms with Crippen molar-refractivity contribution in [2.45, 2.75) is 33.4 Å². The second kappa shape index (κ2) is 4.31. The Morgan fingerprint density at radius 1 is 1.33 bits per heavy atom. The van der Waals surface area contributed by atoms with Crippen LogP contribution in [0.4, 0.5) is 4.39 Å². The predicted molar refractivity (Wildman–Crippen MR) is 62.6 cm³/mol. The van der Waals surface area contributed by atoms with Crippen molar-refractivity contribution in [2.24, 2.45) is 11.7 Å². The summed E-state index contributed by atoms with van der Waals surface area (Å²) in [5.74, 6) is -0.108. The molecule has 2 N–H and O–H groups in total. The maximum atomic E-state index is 14.7. The number of aryl methyl sites for hydroxylation is 2. The number of benzene rings is 1. The monoisotopic (exact) mass is 209 g/mol. The fraction of sp³-hybridized carbons (Fsp3) is 0.538. The van der Waals surface area contributed by atoms with Gasteiger partial charge in [0.1, 0.15) is 0 Å². The molecule has 1 rings (SSSR count). The van der Waals surface area contributed by atoms with Crippen molar-refractivity contribution < 1.29 is 4.39 Å². The fourth-order valence-electron chi connectivity index (χ4n) is 1.84. The highest BCUT2D eigenvalue weighted by Crippen LogP contribution is 2.35. The van der Waals surface area contributed by atoms with Crippen molar-refractivity contribution in [3.63, 3.8) is 0 Å². The Kier molecular flexibility index (Phi) is 3.50. The Labute approximate surface area is 91.5 Å². The molecule has 0 amide bonds. The number of nitrogens with two attached hydrogens (primary N) is 1. The number of rotatable bonds is 3. The molecule has 15 heavy (non-hydrogen) atoms. The zero-order chi connectivity index (χ0) is 11.6. The molecule has 0 saturated heterocycles. The molecule has 0 aromatic heterocycles. The highest BCUT2D eigenvalue weighted by Gasteiger charge is 2.35. The number of hydrogen-bond acceptors (Lipinski definition) is 1. The Hall–Kier alpha value is -0.890.